The Morgan fingerprint density at radius 1 is 0.870 bits per heavy atom. The summed E-state index contributed by atoms with van der Waals surface area (Å²) in [5, 5.41) is 144. The first-order chi connectivity index (χ1) is 24.2. The Morgan fingerprint density at radius 3 is 1.83 bits per heavy atom. The number of aryl methyl sites for hydroxylation is 1. The van der Waals surface area contributed by atoms with Gasteiger partial charge in [-0.2, -0.15) is 18.1 Å². The molecule has 0 radical (unpaired) electrons. The number of piperazine rings is 1. The van der Waals surface area contributed by atoms with Crippen LogP contribution in [0.4, 0.5) is 26.7 Å². The summed E-state index contributed by atoms with van der Waals surface area (Å²) in [6.45, 7) is 0.966. The number of benzene rings is 2. The maximum atomic E-state index is 14.3. The van der Waals surface area contributed by atoms with Crippen molar-refractivity contribution in [2.24, 2.45) is 0 Å². The molecule has 54 heavy (non-hydrogen) atoms. The van der Waals surface area contributed by atoms with Crippen LogP contribution in [0.1, 0.15) is 53.7 Å². The molecule has 0 aliphatic carbocycles. The van der Waals surface area contributed by atoms with Gasteiger partial charge in [0, 0.05) is 14.0 Å². The summed E-state index contributed by atoms with van der Waals surface area (Å²) in [6, 6.07) is -6.32. The topological polar surface area (TPSA) is 310 Å². The number of amides is 3. The van der Waals surface area contributed by atoms with Crippen LogP contribution < -0.4 is 0 Å². The Bertz CT molecular complexity index is 1780. The van der Waals surface area contributed by atoms with Gasteiger partial charge in [-0.1, -0.05) is 12.1 Å². The van der Waals surface area contributed by atoms with Gasteiger partial charge >= 0.3 is 35.9 Å². The van der Waals surface area contributed by atoms with Crippen LogP contribution in [-0.4, -0.2) is 152 Å². The Kier molecular flexibility index (Phi) is 10.5. The fraction of sp³-hybridized carbons (Fsp3) is 0.533. The van der Waals surface area contributed by atoms with Crippen LogP contribution in [0.5, 0.6) is 0 Å². The van der Waals surface area contributed by atoms with Crippen molar-refractivity contribution in [1.82, 2.24) is 19.6 Å². The van der Waals surface area contributed by atoms with Gasteiger partial charge in [0.15, 0.2) is 0 Å². The summed E-state index contributed by atoms with van der Waals surface area (Å²) in [5.41, 5.74) is -3.47. The van der Waals surface area contributed by atoms with E-state index in [0.29, 0.717) is 42.2 Å². The maximum Gasteiger partial charge on any atom is 0.416 e. The number of carbonyl (C=O) groups is 2. The smallest absolute Gasteiger partial charge is 0.383 e. The van der Waals surface area contributed by atoms with Gasteiger partial charge in [-0.05, 0) is 60.4 Å². The van der Waals surface area contributed by atoms with Crippen LogP contribution in [0.2, 0.25) is 0 Å². The first kappa shape index (κ1) is 43.0. The van der Waals surface area contributed by atoms with Crippen molar-refractivity contribution in [2.75, 3.05) is 7.05 Å². The third-order valence-electron chi connectivity index (χ3n) is 9.53. The van der Waals surface area contributed by atoms with E-state index < -0.39 is 128 Å². The lowest BCUT2D eigenvalue weighted by molar-refractivity contribution is -0.614. The summed E-state index contributed by atoms with van der Waals surface area (Å²) >= 11 is 0. The molecule has 3 amide bonds. The van der Waals surface area contributed by atoms with Gasteiger partial charge in [-0.15, -0.1) is 0 Å². The van der Waals surface area contributed by atoms with Gasteiger partial charge in [-0.25, -0.2) is 18.5 Å². The van der Waals surface area contributed by atoms with Gasteiger partial charge in [0.25, 0.3) is 5.91 Å². The number of nitrogens with zero attached hydrogens (tertiary/aromatic N) is 4. The third-order valence-corrected chi connectivity index (χ3v) is 9.53. The third kappa shape index (κ3) is 6.26. The molecule has 0 bridgehead atoms. The van der Waals surface area contributed by atoms with Gasteiger partial charge in [0.05, 0.1) is 11.6 Å². The summed E-state index contributed by atoms with van der Waals surface area (Å²) in [6.07, 6.45) is -8.71. The van der Waals surface area contributed by atoms with E-state index in [1.807, 2.05) is 0 Å². The molecule has 4 rings (SSSR count). The van der Waals surface area contributed by atoms with Crippen molar-refractivity contribution < 1.29 is 97.9 Å². The molecule has 24 heteroatoms. The van der Waals surface area contributed by atoms with Crippen LogP contribution in [0.15, 0.2) is 36.4 Å². The second-order valence-corrected chi connectivity index (χ2v) is 13.1. The highest BCUT2D eigenvalue weighted by Gasteiger charge is 2.83. The zero-order valence-corrected chi connectivity index (χ0v) is 28.3. The molecular formula is C30H37F5N4O15. The molecule has 2 saturated heterocycles. The van der Waals surface area contributed by atoms with Crippen molar-refractivity contribution >= 4 is 11.9 Å². The number of aliphatic hydroxyl groups excluding tert-OH is 1. The molecule has 0 aromatic heterocycles. The Balaban J connectivity index is 2.00. The molecule has 0 saturated carbocycles. The standard InChI is InChI=1S/C30H37F5N4O15/c1-12-7-18(32)5-6-19(12)20-24(43,44)21(39-29(51,52)27(47,48)38(14(3)40)28(49,50)30(39,53)54)22(41)26(45,46)37(20)23(42)36(4)13(2)16-8-15(11-31)9-17(10-16)25(33,34)35/h5-10,13,20-22,41,43-54H,11H2,1-4H3. The lowest BCUT2D eigenvalue weighted by atomic mass is 9.78. The van der Waals surface area contributed by atoms with Crippen LogP contribution in [0.25, 0.3) is 0 Å². The molecule has 2 heterocycles. The normalized spacial score (nSPS) is 26.3. The van der Waals surface area contributed by atoms with Gasteiger partial charge < -0.3 is 71.3 Å². The zero-order chi connectivity index (χ0) is 41.7. The zero-order valence-electron chi connectivity index (χ0n) is 28.3. The number of urea groups is 1. The summed E-state index contributed by atoms with van der Waals surface area (Å²) < 4.78 is 68.8. The van der Waals surface area contributed by atoms with E-state index >= 15 is 0 Å². The summed E-state index contributed by atoms with van der Waals surface area (Å²) in [5.74, 6) is -31.5. The maximum absolute atomic E-state index is 14.3. The van der Waals surface area contributed by atoms with E-state index in [-0.39, 0.29) is 4.90 Å². The predicted molar refractivity (Wildman–Crippen MR) is 161 cm³/mol. The monoisotopic (exact) mass is 788 g/mol. The number of carbonyl (C=O) groups excluding carboxylic acids is 2. The van der Waals surface area contributed by atoms with Gasteiger partial charge in [0.1, 0.15) is 30.7 Å². The quantitative estimate of drug-likeness (QED) is 0.104. The highest BCUT2D eigenvalue weighted by atomic mass is 19.4. The first-order valence-corrected chi connectivity index (χ1v) is 15.3. The number of likely N-dealkylation sites (tertiary alicyclic amines) is 1. The Hall–Kier alpha value is -3.73. The molecule has 302 valence electrons. The van der Waals surface area contributed by atoms with Crippen molar-refractivity contribution in [2.45, 2.75) is 93.2 Å². The molecule has 4 unspecified atom stereocenters. The van der Waals surface area contributed by atoms with Crippen molar-refractivity contribution in [3.05, 3.63) is 70.0 Å². The Morgan fingerprint density at radius 2 is 1.39 bits per heavy atom. The van der Waals surface area contributed by atoms with Crippen molar-refractivity contribution in [1.29, 1.82) is 0 Å². The number of alkyl halides is 4. The van der Waals surface area contributed by atoms with Crippen LogP contribution >= 0.6 is 0 Å². The number of piperidine rings is 1. The Labute approximate surface area is 300 Å². The molecule has 2 aromatic carbocycles. The second-order valence-electron chi connectivity index (χ2n) is 13.1. The van der Waals surface area contributed by atoms with E-state index in [9.17, 15) is 97.9 Å². The van der Waals surface area contributed by atoms with Gasteiger partial charge in [0.2, 0.25) is 11.7 Å². The molecule has 13 N–H and O–H groups in total. The lowest BCUT2D eigenvalue weighted by Gasteiger charge is -2.66. The van der Waals surface area contributed by atoms with Crippen LogP contribution in [0.3, 0.4) is 0 Å². The van der Waals surface area contributed by atoms with E-state index in [1.165, 1.54) is 0 Å². The summed E-state index contributed by atoms with van der Waals surface area (Å²) in [4.78, 5) is 24.0. The molecule has 2 fully saturated rings. The molecule has 0 spiro atoms. The van der Waals surface area contributed by atoms with E-state index in [1.54, 1.807) is 0 Å². The SMILES string of the molecule is CC(=O)N1C(O)(O)C(O)(O)N(C2C(O)C(O)(O)N(C(=O)N(C)C(C)c3cc(CF)cc(C(F)(F)F)c3)C(c3ccc(F)cc3C)C2(O)O)C(O)(O)C1(O)O. The molecular weight excluding hydrogens is 751 g/mol. The number of rotatable bonds is 5. The number of aliphatic hydroxyl groups is 13. The average molecular weight is 789 g/mol. The first-order valence-electron chi connectivity index (χ1n) is 15.3. The lowest BCUT2D eigenvalue weighted by Crippen LogP contribution is -2.95. The minimum atomic E-state index is -5.03. The number of halogens is 5. The highest BCUT2D eigenvalue weighted by Crippen LogP contribution is 2.53. The fourth-order valence-electron chi connectivity index (χ4n) is 6.67. The van der Waals surface area contributed by atoms with Crippen LogP contribution in [0, 0.1) is 12.7 Å². The summed E-state index contributed by atoms with van der Waals surface area (Å²) in [7, 11) is 0.805. The average Bonchev–Trinajstić information content (AvgIpc) is 3.02. The predicted octanol–water partition coefficient (Wildman–Crippen LogP) is -3.44. The minimum absolute atomic E-state index is 0.306. The number of hydrogen-bond donors (Lipinski definition) is 13. The van der Waals surface area contributed by atoms with E-state index in [4.69, 9.17) is 0 Å². The molecule has 2 aromatic rings. The number of hydrogen-bond acceptors (Lipinski definition) is 16. The molecule has 4 atom stereocenters. The molecule has 2 aliphatic heterocycles. The second kappa shape index (κ2) is 13.2. The van der Waals surface area contributed by atoms with Crippen molar-refractivity contribution in [3.8, 4) is 0 Å². The van der Waals surface area contributed by atoms with Gasteiger partial charge in [-0.3, -0.25) is 9.69 Å². The largest absolute Gasteiger partial charge is 0.416 e. The molecule has 19 nitrogen and oxygen atoms in total. The van der Waals surface area contributed by atoms with Crippen molar-refractivity contribution in [3.63, 3.8) is 0 Å². The highest BCUT2D eigenvalue weighted by molar-refractivity contribution is 5.77. The van der Waals surface area contributed by atoms with E-state index in [2.05, 4.69) is 0 Å². The van der Waals surface area contributed by atoms with Crippen LogP contribution in [-0.2, 0) is 17.6 Å². The minimum Gasteiger partial charge on any atom is -0.383 e. The molecule has 2 aliphatic rings. The van der Waals surface area contributed by atoms with E-state index in [0.717, 1.165) is 27.0 Å². The fourth-order valence-corrected chi connectivity index (χ4v) is 6.67.